The van der Waals surface area contributed by atoms with Crippen LogP contribution in [0.5, 0.6) is 0 Å². The summed E-state index contributed by atoms with van der Waals surface area (Å²) >= 11 is 0. The van der Waals surface area contributed by atoms with Crippen LogP contribution in [0.3, 0.4) is 0 Å². The van der Waals surface area contributed by atoms with E-state index in [1.807, 2.05) is 0 Å². The van der Waals surface area contributed by atoms with Crippen LogP contribution < -0.4 is 0 Å². The lowest BCUT2D eigenvalue weighted by Crippen LogP contribution is -2.44. The van der Waals surface area contributed by atoms with Crippen LogP contribution in [-0.2, 0) is 6.54 Å². The van der Waals surface area contributed by atoms with Crippen molar-refractivity contribution in [2.45, 2.75) is 57.0 Å². The van der Waals surface area contributed by atoms with Gasteiger partial charge in [-0.05, 0) is 37.8 Å². The van der Waals surface area contributed by atoms with Gasteiger partial charge < -0.3 is 0 Å². The minimum atomic E-state index is 0.577. The normalized spacial score (nSPS) is 24.2. The van der Waals surface area contributed by atoms with Crippen LogP contribution in [0.1, 0.15) is 50.5 Å². The molecular formula is C16H23N. The monoisotopic (exact) mass is 229 g/mol. The summed E-state index contributed by atoms with van der Waals surface area (Å²) in [5.74, 6) is 0. The fraction of sp³-hybridized carbons (Fsp3) is 0.625. The molecule has 0 aromatic heterocycles. The molecular weight excluding hydrogens is 206 g/mol. The second-order valence-electron chi connectivity index (χ2n) is 5.80. The molecule has 0 bridgehead atoms. The van der Waals surface area contributed by atoms with Gasteiger partial charge in [-0.15, -0.1) is 0 Å². The molecule has 1 saturated heterocycles. The first kappa shape index (κ1) is 11.3. The summed E-state index contributed by atoms with van der Waals surface area (Å²) in [7, 11) is 0. The third kappa shape index (κ3) is 2.26. The first-order chi connectivity index (χ1) is 8.39. The van der Waals surface area contributed by atoms with E-state index in [2.05, 4.69) is 35.2 Å². The molecule has 3 rings (SSSR count). The summed E-state index contributed by atoms with van der Waals surface area (Å²) in [6, 6.07) is 11.0. The van der Waals surface area contributed by atoms with Crippen molar-refractivity contribution in [2.75, 3.05) is 6.54 Å². The van der Waals surface area contributed by atoms with E-state index in [1.54, 1.807) is 0 Å². The fourth-order valence-electron chi connectivity index (χ4n) is 3.82. The molecule has 1 aromatic carbocycles. The summed E-state index contributed by atoms with van der Waals surface area (Å²) in [4.78, 5) is 2.78. The predicted octanol–water partition coefficient (Wildman–Crippen LogP) is 3.99. The zero-order valence-corrected chi connectivity index (χ0v) is 10.7. The second kappa shape index (κ2) is 4.81. The molecule has 1 aliphatic carbocycles. The number of rotatable bonds is 2. The highest BCUT2D eigenvalue weighted by molar-refractivity contribution is 5.15. The lowest BCUT2D eigenvalue weighted by molar-refractivity contribution is 0.0859. The van der Waals surface area contributed by atoms with E-state index in [1.165, 1.54) is 63.6 Å². The Morgan fingerprint density at radius 2 is 1.59 bits per heavy atom. The number of benzene rings is 1. The highest BCUT2D eigenvalue weighted by Gasteiger charge is 2.40. The minimum Gasteiger partial charge on any atom is -0.293 e. The van der Waals surface area contributed by atoms with Crippen molar-refractivity contribution in [3.63, 3.8) is 0 Å². The molecule has 1 saturated carbocycles. The van der Waals surface area contributed by atoms with Gasteiger partial charge in [0.2, 0.25) is 0 Å². The van der Waals surface area contributed by atoms with Crippen LogP contribution in [0.2, 0.25) is 0 Å². The highest BCUT2D eigenvalue weighted by atomic mass is 15.2. The van der Waals surface area contributed by atoms with Crippen LogP contribution in [0.25, 0.3) is 0 Å². The van der Waals surface area contributed by atoms with E-state index < -0.39 is 0 Å². The van der Waals surface area contributed by atoms with Gasteiger partial charge in [-0.2, -0.15) is 0 Å². The maximum absolute atomic E-state index is 2.78. The molecule has 17 heavy (non-hydrogen) atoms. The zero-order chi connectivity index (χ0) is 11.6. The minimum absolute atomic E-state index is 0.577. The summed E-state index contributed by atoms with van der Waals surface area (Å²) in [5, 5.41) is 0. The Balaban J connectivity index is 1.73. The molecule has 0 unspecified atom stereocenters. The number of hydrogen-bond donors (Lipinski definition) is 0. The van der Waals surface area contributed by atoms with Crippen LogP contribution in [0.4, 0.5) is 0 Å². The molecule has 0 atom stereocenters. The molecule has 0 amide bonds. The average Bonchev–Trinajstić information content (AvgIpc) is 2.74. The second-order valence-corrected chi connectivity index (χ2v) is 5.80. The van der Waals surface area contributed by atoms with Gasteiger partial charge in [0, 0.05) is 12.1 Å². The first-order valence-electron chi connectivity index (χ1n) is 7.18. The first-order valence-corrected chi connectivity index (χ1v) is 7.18. The summed E-state index contributed by atoms with van der Waals surface area (Å²) in [6.07, 6.45) is 10.1. The van der Waals surface area contributed by atoms with Gasteiger partial charge in [-0.1, -0.05) is 49.6 Å². The fourth-order valence-corrected chi connectivity index (χ4v) is 3.82. The average molecular weight is 229 g/mol. The van der Waals surface area contributed by atoms with Gasteiger partial charge in [0.25, 0.3) is 0 Å². The Hall–Kier alpha value is -0.820. The van der Waals surface area contributed by atoms with Gasteiger partial charge in [-0.25, -0.2) is 0 Å². The smallest absolute Gasteiger partial charge is 0.0239 e. The maximum atomic E-state index is 2.78. The van der Waals surface area contributed by atoms with E-state index in [9.17, 15) is 0 Å². The van der Waals surface area contributed by atoms with Gasteiger partial charge in [-0.3, -0.25) is 4.90 Å². The summed E-state index contributed by atoms with van der Waals surface area (Å²) in [5.41, 5.74) is 2.06. The molecule has 1 spiro atoms. The lowest BCUT2D eigenvalue weighted by Gasteiger charge is -2.42. The molecule has 1 heterocycles. The van der Waals surface area contributed by atoms with E-state index in [0.29, 0.717) is 5.54 Å². The molecule has 1 aliphatic heterocycles. The molecule has 1 nitrogen and oxygen atoms in total. The Morgan fingerprint density at radius 3 is 2.35 bits per heavy atom. The van der Waals surface area contributed by atoms with Crippen molar-refractivity contribution < 1.29 is 0 Å². The van der Waals surface area contributed by atoms with Crippen LogP contribution in [0, 0.1) is 0 Å². The van der Waals surface area contributed by atoms with Crippen molar-refractivity contribution in [3.05, 3.63) is 35.9 Å². The van der Waals surface area contributed by atoms with Crippen LogP contribution in [-0.4, -0.2) is 17.0 Å². The van der Waals surface area contributed by atoms with Crippen molar-refractivity contribution in [2.24, 2.45) is 0 Å². The van der Waals surface area contributed by atoms with E-state index >= 15 is 0 Å². The number of nitrogens with zero attached hydrogens (tertiary/aromatic N) is 1. The quantitative estimate of drug-likeness (QED) is 0.741. The topological polar surface area (TPSA) is 3.24 Å². The van der Waals surface area contributed by atoms with Gasteiger partial charge >= 0.3 is 0 Å². The molecule has 92 valence electrons. The van der Waals surface area contributed by atoms with Crippen LogP contribution in [0.15, 0.2) is 30.3 Å². The Morgan fingerprint density at radius 1 is 0.882 bits per heavy atom. The van der Waals surface area contributed by atoms with Crippen molar-refractivity contribution in [1.82, 2.24) is 4.90 Å². The highest BCUT2D eigenvalue weighted by Crippen LogP contribution is 2.42. The molecule has 2 aliphatic rings. The summed E-state index contributed by atoms with van der Waals surface area (Å²) < 4.78 is 0. The van der Waals surface area contributed by atoms with Crippen molar-refractivity contribution >= 4 is 0 Å². The Kier molecular flexibility index (Phi) is 3.19. The van der Waals surface area contributed by atoms with Gasteiger partial charge in [0.1, 0.15) is 0 Å². The van der Waals surface area contributed by atoms with Crippen LogP contribution >= 0.6 is 0 Å². The largest absolute Gasteiger partial charge is 0.293 e. The molecule has 2 fully saturated rings. The predicted molar refractivity (Wildman–Crippen MR) is 71.9 cm³/mol. The number of hydrogen-bond acceptors (Lipinski definition) is 1. The molecule has 1 heteroatoms. The molecule has 1 aromatic rings. The zero-order valence-electron chi connectivity index (χ0n) is 10.7. The maximum Gasteiger partial charge on any atom is 0.0239 e. The SMILES string of the molecule is c1ccc(CN2CCCC23CCCCC3)cc1. The lowest BCUT2D eigenvalue weighted by atomic mass is 9.79. The van der Waals surface area contributed by atoms with E-state index in [0.717, 1.165) is 0 Å². The third-order valence-corrected chi connectivity index (χ3v) is 4.74. The van der Waals surface area contributed by atoms with E-state index in [-0.39, 0.29) is 0 Å². The number of likely N-dealkylation sites (tertiary alicyclic amines) is 1. The standard InChI is InChI=1S/C16H23N/c1-3-8-15(9-4-1)14-17-13-7-12-16(17)10-5-2-6-11-16/h1,3-4,8-9H,2,5-7,10-14H2. The Labute approximate surface area is 105 Å². The third-order valence-electron chi connectivity index (χ3n) is 4.74. The molecule has 0 N–H and O–H groups in total. The summed E-state index contributed by atoms with van der Waals surface area (Å²) in [6.45, 7) is 2.48. The van der Waals surface area contributed by atoms with Gasteiger partial charge in [0.15, 0.2) is 0 Å². The Bertz CT molecular complexity index is 351. The van der Waals surface area contributed by atoms with E-state index in [4.69, 9.17) is 0 Å². The molecule has 0 radical (unpaired) electrons. The van der Waals surface area contributed by atoms with Crippen molar-refractivity contribution in [3.8, 4) is 0 Å². The van der Waals surface area contributed by atoms with Gasteiger partial charge in [0.05, 0.1) is 0 Å². The van der Waals surface area contributed by atoms with Crippen molar-refractivity contribution in [1.29, 1.82) is 0 Å².